The molecule has 0 aliphatic carbocycles. The van der Waals surface area contributed by atoms with Crippen LogP contribution in [0.25, 0.3) is 21.9 Å². The van der Waals surface area contributed by atoms with Crippen LogP contribution in [-0.2, 0) is 0 Å². The Labute approximate surface area is 186 Å². The first kappa shape index (κ1) is 23.1. The molecule has 0 saturated carbocycles. The molecule has 28 heavy (non-hydrogen) atoms. The maximum absolute atomic E-state index is 6.18. The summed E-state index contributed by atoms with van der Waals surface area (Å²) in [7, 11) is 0. The van der Waals surface area contributed by atoms with Crippen molar-refractivity contribution in [3.05, 3.63) is 35.4 Å². The van der Waals surface area contributed by atoms with E-state index in [1.165, 1.54) is 0 Å². The number of hydrogen-bond acceptors (Lipinski definition) is 4. The number of anilines is 1. The van der Waals surface area contributed by atoms with E-state index in [9.17, 15) is 0 Å². The van der Waals surface area contributed by atoms with Gasteiger partial charge in [-0.25, -0.2) is 4.98 Å². The van der Waals surface area contributed by atoms with Gasteiger partial charge in [-0.05, 0) is 30.7 Å². The van der Waals surface area contributed by atoms with Crippen LogP contribution in [0.1, 0.15) is 19.8 Å². The summed E-state index contributed by atoms with van der Waals surface area (Å²) < 4.78 is 5.85. The van der Waals surface area contributed by atoms with Crippen molar-refractivity contribution >= 4 is 62.6 Å². The second-order valence-electron chi connectivity index (χ2n) is 6.16. The summed E-state index contributed by atoms with van der Waals surface area (Å²) in [6.07, 6.45) is 2.14. The number of rotatable bonds is 10. The second-order valence-corrected chi connectivity index (χ2v) is 8.20. The van der Waals surface area contributed by atoms with Crippen LogP contribution in [0.3, 0.4) is 0 Å². The zero-order valence-corrected chi connectivity index (χ0v) is 18.8. The van der Waals surface area contributed by atoms with E-state index in [0.717, 1.165) is 64.4 Å². The predicted molar refractivity (Wildman–Crippen MR) is 118 cm³/mol. The summed E-state index contributed by atoms with van der Waals surface area (Å²) in [4.78, 5) is 8.17. The van der Waals surface area contributed by atoms with Crippen LogP contribution in [0.15, 0.2) is 30.3 Å². The average Bonchev–Trinajstić information content (AvgIpc) is 2.67. The number of nitrogens with zero attached hydrogens (tertiary/aromatic N) is 1. The van der Waals surface area contributed by atoms with Crippen molar-refractivity contribution < 1.29 is 22.1 Å². The van der Waals surface area contributed by atoms with Crippen LogP contribution in [0, 0.1) is 0 Å². The second kappa shape index (κ2) is 11.8. The number of hydrogen-bond donors (Lipinski definition) is 1. The fourth-order valence-electron chi connectivity index (χ4n) is 2.82. The first-order valence-electron chi connectivity index (χ1n) is 9.18. The van der Waals surface area contributed by atoms with Crippen LogP contribution >= 0.6 is 35.0 Å². The van der Waals surface area contributed by atoms with E-state index in [4.69, 9.17) is 32.9 Å². The molecule has 0 unspecified atom stereocenters. The van der Waals surface area contributed by atoms with Gasteiger partial charge in [-0.2, -0.15) is 16.7 Å². The lowest BCUT2D eigenvalue weighted by Gasteiger charge is -2.10. The molecule has 4 nitrogen and oxygen atoms in total. The summed E-state index contributed by atoms with van der Waals surface area (Å²) in [6.45, 7) is 3.69. The first-order valence-corrected chi connectivity index (χ1v) is 11.3. The van der Waals surface area contributed by atoms with E-state index in [0.29, 0.717) is 17.5 Å². The molecular weight excluding hydrogens is 437 g/mol. The third-order valence-electron chi connectivity index (χ3n) is 4.14. The standard InChI is InChI=1S/C20H23Cl2N3OS.ClH/c1-2-3-10-26-18-7-6-16-20(25-18)19(23-9-12-27-11-8-21)15-5-4-14(22)13-17(15)24-16;/h4-7,13H,2-3,8-12H2,1H3,(H,23,24);1H. The molecule has 152 valence electrons. The molecule has 2 heterocycles. The van der Waals surface area contributed by atoms with Crippen LogP contribution in [0.5, 0.6) is 5.88 Å². The van der Waals surface area contributed by atoms with Gasteiger partial charge in [0.15, 0.2) is 0 Å². The van der Waals surface area contributed by atoms with Gasteiger partial charge in [0.05, 0.1) is 18.2 Å². The van der Waals surface area contributed by atoms with Crippen LogP contribution in [-0.4, -0.2) is 35.5 Å². The molecule has 2 aromatic heterocycles. The van der Waals surface area contributed by atoms with E-state index >= 15 is 0 Å². The molecule has 0 aliphatic rings. The van der Waals surface area contributed by atoms with Gasteiger partial charge < -0.3 is 22.5 Å². The molecule has 1 aromatic carbocycles. The van der Waals surface area contributed by atoms with Crippen molar-refractivity contribution in [2.45, 2.75) is 19.8 Å². The van der Waals surface area contributed by atoms with Crippen molar-refractivity contribution in [1.29, 1.82) is 0 Å². The molecule has 0 amide bonds. The number of benzene rings is 1. The minimum absolute atomic E-state index is 0. The highest BCUT2D eigenvalue weighted by Crippen LogP contribution is 2.30. The quantitative estimate of drug-likeness (QED) is 0.287. The van der Waals surface area contributed by atoms with E-state index < -0.39 is 0 Å². The van der Waals surface area contributed by atoms with Crippen molar-refractivity contribution in [2.24, 2.45) is 0 Å². The van der Waals surface area contributed by atoms with E-state index in [1.807, 2.05) is 42.1 Å². The predicted octanol–water partition coefficient (Wildman–Crippen LogP) is 2.42. The van der Waals surface area contributed by atoms with E-state index in [2.05, 4.69) is 17.2 Å². The normalized spacial score (nSPS) is 10.8. The van der Waals surface area contributed by atoms with Gasteiger partial charge in [-0.1, -0.05) is 24.9 Å². The first-order chi connectivity index (χ1) is 13.2. The molecule has 0 spiro atoms. The van der Waals surface area contributed by atoms with Crippen molar-refractivity contribution in [3.63, 3.8) is 0 Å². The van der Waals surface area contributed by atoms with Crippen LogP contribution < -0.4 is 27.4 Å². The third-order valence-corrected chi connectivity index (χ3v) is 5.78. The van der Waals surface area contributed by atoms with Gasteiger partial charge in [0.1, 0.15) is 11.2 Å². The lowest BCUT2D eigenvalue weighted by molar-refractivity contribution is -0.362. The van der Waals surface area contributed by atoms with Gasteiger partial charge in [0.2, 0.25) is 0 Å². The fourth-order valence-corrected chi connectivity index (χ4v) is 3.88. The number of pyridine rings is 2. The highest BCUT2D eigenvalue weighted by molar-refractivity contribution is 7.99. The molecule has 0 fully saturated rings. The number of nitrogens with one attached hydrogen (secondary N) is 2. The average molecular weight is 461 g/mol. The number of aromatic nitrogens is 2. The Morgan fingerprint density at radius 2 is 2.04 bits per heavy atom. The van der Waals surface area contributed by atoms with Gasteiger partial charge in [0.25, 0.3) is 5.52 Å². The SMILES string of the molecule is CCCCOc1ccc2nc3cc(Cl)ccc3c(NCCSCCCl)c2[nH+]1.[Cl-]. The van der Waals surface area contributed by atoms with Crippen molar-refractivity contribution in [2.75, 3.05) is 35.9 Å². The lowest BCUT2D eigenvalue weighted by Crippen LogP contribution is -3.00. The minimum Gasteiger partial charge on any atom is -1.00 e. The number of unbranched alkanes of at least 4 members (excludes halogenated alkanes) is 1. The van der Waals surface area contributed by atoms with E-state index in [-0.39, 0.29) is 12.4 Å². The minimum atomic E-state index is 0. The number of H-pyrrole nitrogens is 1. The molecule has 2 N–H and O–H groups in total. The molecule has 0 atom stereocenters. The maximum Gasteiger partial charge on any atom is 0.366 e. The Bertz CT molecular complexity index is 911. The molecule has 3 aromatic rings. The number of ether oxygens (including phenoxy) is 1. The number of halogens is 3. The summed E-state index contributed by atoms with van der Waals surface area (Å²) in [5, 5.41) is 5.29. The van der Waals surface area contributed by atoms with Gasteiger partial charge in [0, 0.05) is 34.3 Å². The molecule has 0 bridgehead atoms. The monoisotopic (exact) mass is 459 g/mol. The summed E-state index contributed by atoms with van der Waals surface area (Å²) in [6, 6.07) is 9.72. The molecule has 0 saturated heterocycles. The van der Waals surface area contributed by atoms with E-state index in [1.54, 1.807) is 0 Å². The van der Waals surface area contributed by atoms with Crippen molar-refractivity contribution in [3.8, 4) is 5.88 Å². The summed E-state index contributed by atoms with van der Waals surface area (Å²) in [5.41, 5.74) is 3.72. The molecule has 0 radical (unpaired) electrons. The highest BCUT2D eigenvalue weighted by Gasteiger charge is 2.17. The number of alkyl halides is 1. The maximum atomic E-state index is 6.18. The smallest absolute Gasteiger partial charge is 0.366 e. The number of thioether (sulfide) groups is 1. The molecule has 0 aliphatic heterocycles. The largest absolute Gasteiger partial charge is 1.00 e. The Kier molecular flexibility index (Phi) is 9.72. The van der Waals surface area contributed by atoms with Gasteiger partial charge >= 0.3 is 5.88 Å². The van der Waals surface area contributed by atoms with Crippen LogP contribution in [0.2, 0.25) is 5.02 Å². The molecular formula is C20H24Cl3N3OS. The number of fused-ring (bicyclic) bond motifs is 2. The van der Waals surface area contributed by atoms with Gasteiger partial charge in [-0.15, -0.1) is 11.6 Å². The zero-order valence-electron chi connectivity index (χ0n) is 15.7. The van der Waals surface area contributed by atoms with Crippen LogP contribution in [0.4, 0.5) is 5.69 Å². The highest BCUT2D eigenvalue weighted by atomic mass is 35.5. The zero-order chi connectivity index (χ0) is 19.1. The topological polar surface area (TPSA) is 48.3 Å². The molecule has 3 rings (SSSR count). The third kappa shape index (κ3) is 5.93. The Balaban J connectivity index is 0.00000280. The Morgan fingerprint density at radius 3 is 2.82 bits per heavy atom. The number of aromatic amines is 1. The van der Waals surface area contributed by atoms with Crippen molar-refractivity contribution in [1.82, 2.24) is 4.98 Å². The van der Waals surface area contributed by atoms with Gasteiger partial charge in [-0.3, -0.25) is 0 Å². The Morgan fingerprint density at radius 1 is 1.18 bits per heavy atom. The fraction of sp³-hybridized carbons (Fsp3) is 0.400. The lowest BCUT2D eigenvalue weighted by atomic mass is 10.1. The summed E-state index contributed by atoms with van der Waals surface area (Å²) in [5.74, 6) is 3.37. The summed E-state index contributed by atoms with van der Waals surface area (Å²) >= 11 is 13.8. The molecule has 8 heteroatoms. The Hall–Kier alpha value is -1.14.